The molecule has 1 radical (unpaired) electrons. The van der Waals surface area contributed by atoms with Crippen LogP contribution >= 0.6 is 0 Å². The van der Waals surface area contributed by atoms with E-state index in [-0.39, 0.29) is 134 Å². The van der Waals surface area contributed by atoms with E-state index in [0.29, 0.717) is 135 Å². The van der Waals surface area contributed by atoms with E-state index in [2.05, 4.69) is 69.8 Å². The quantitative estimate of drug-likeness (QED) is 0.0768. The average molecular weight is 2540 g/mol. The first-order chi connectivity index (χ1) is 68.3. The number of hydrogen-bond donors (Lipinski definition) is 6. The first-order valence-corrected chi connectivity index (χ1v) is 45.0. The Balaban J connectivity index is 0.000000120. The molecule has 0 saturated carbocycles. The summed E-state index contributed by atoms with van der Waals surface area (Å²) in [6.45, 7) is 11.0. The van der Waals surface area contributed by atoms with Crippen molar-refractivity contribution in [3.8, 4) is 125 Å². The van der Waals surface area contributed by atoms with Gasteiger partial charge in [0.1, 0.15) is 56.7 Å². The summed E-state index contributed by atoms with van der Waals surface area (Å²) >= 11 is 0. The minimum atomic E-state index is 0. The van der Waals surface area contributed by atoms with E-state index in [0.717, 1.165) is 147 Å². The molecule has 0 aliphatic carbocycles. The summed E-state index contributed by atoms with van der Waals surface area (Å²) in [6.07, 6.45) is 19.4. The molecule has 0 amide bonds. The summed E-state index contributed by atoms with van der Waals surface area (Å²) in [5.74, 6) is 4.89. The van der Waals surface area contributed by atoms with Gasteiger partial charge in [-0.2, -0.15) is 0 Å². The number of amidine groups is 2. The Labute approximate surface area is 895 Å². The van der Waals surface area contributed by atoms with E-state index in [1.165, 1.54) is 0 Å². The molecule has 36 bridgehead atoms. The van der Waals surface area contributed by atoms with Crippen LogP contribution in [-0.2, 0) is 99.7 Å². The molecule has 0 fully saturated rings. The largest absolute Gasteiger partial charge is 2.00 e. The molecular weight excluding hydrogens is 2460 g/mol. The number of nitrogens with zero attached hydrogens (tertiary/aromatic N) is 20. The van der Waals surface area contributed by atoms with Gasteiger partial charge in [0.15, 0.2) is 23.1 Å². The third kappa shape index (κ3) is 18.9. The Hall–Kier alpha value is -16.0. The van der Waals surface area contributed by atoms with Crippen molar-refractivity contribution < 1.29 is 130 Å². The van der Waals surface area contributed by atoms with E-state index in [1.807, 2.05) is 293 Å². The molecule has 27 rings (SSSR count). The number of benzene rings is 10. The summed E-state index contributed by atoms with van der Waals surface area (Å²) in [6, 6.07) is 80.0. The number of aryl methyl sites for hydroxylation is 6. The van der Waals surface area contributed by atoms with Crippen molar-refractivity contribution in [1.29, 1.82) is 0 Å². The van der Waals surface area contributed by atoms with Crippen LogP contribution in [0, 0.1) is 41.5 Å². The third-order valence-corrected chi connectivity index (χ3v) is 25.0. The number of phenols is 6. The number of para-hydroxylation sites is 6. The van der Waals surface area contributed by atoms with Crippen molar-refractivity contribution >= 4 is 123 Å². The molecule has 10 aromatic carbocycles. The zero-order chi connectivity index (χ0) is 95.2. The fourth-order valence-electron chi connectivity index (χ4n) is 18.2. The van der Waals surface area contributed by atoms with Crippen LogP contribution in [0.3, 0.4) is 0 Å². The molecule has 31 heteroatoms. The molecule has 26 nitrogen and oxygen atoms in total. The summed E-state index contributed by atoms with van der Waals surface area (Å²) in [4.78, 5) is 92.0. The first kappa shape index (κ1) is 99.1. The molecule has 145 heavy (non-hydrogen) atoms. The molecule has 0 spiro atoms. The number of aliphatic imine (C=N–C) groups is 6. The minimum absolute atomic E-state index is 0. The van der Waals surface area contributed by atoms with Gasteiger partial charge in [-0.05, 0) is 173 Å². The zero-order valence-electron chi connectivity index (χ0n) is 77.6. The number of hydrogen-bond acceptors (Lipinski definition) is 22. The maximum atomic E-state index is 11.6. The van der Waals surface area contributed by atoms with Crippen LogP contribution in [0.4, 0.5) is 11.6 Å². The number of phenolic OH excluding ortho intramolecular Hbond substituents is 6. The standard InChI is InChI=1S/C32H22N2O2.C28H16N4O2.C20H20N4O2.C18H10N4.C16H8N6.Cu.3Pt.Zn/c1-17-19-13-7-15-25(31(19)35)30-24-12-6-4-10-22(24)28(34-30)18(2)20-14-8-16-26(32(20)36)29-23-11-5-3-9-21(23)27(17)33-29;33-25-19-11-5-13-21(25)30-28-18-10-4-2-8-16(18)24(32-28)20-12-6-14-22(26(20)34)29-27-17-9-3-1-7-15(17)23(19)31-27;1-11-15-7-5-9-17(19(15)25)24-14(4)22-12(2)16-8-6-10-18(20(16)26)23-13(3)21-11;1-5-15-16-6-3-13(21-16)10-14-4-8-18(22-14)17-7-2-12(20-17)9-11(1)19-15;1-5-13-17-9(1)10-2-6-14(18-10)22-16-8-4-12(20-16)11-3-7-15(19-11)21-13;;;;;/h3-16,35-36H,1-2H3;1-14,33-34H;5-10,25-26H,1-4H3;1-10H;1-8H;;;;;/q;;;2*-2;;;2*+2;. The van der Waals surface area contributed by atoms with Gasteiger partial charge in [-0.15, -0.1) is 22.8 Å². The molecule has 0 saturated heterocycles. The summed E-state index contributed by atoms with van der Waals surface area (Å²) in [5, 5.41) is 71.8. The number of rotatable bonds is 0. The SMILES string of the molecule is C1=CC2=NC1=Cc1ccc([n-]1)C1=NC(=Cc3ccc2[n-]3)C=C1.C1=CC2=NC1=Nc1ccc([n-]1)C1=NC(=Nc3ccc2[n-]3)C=C1.Cc1c2nc(c3cccc(c(C)c4nc(c5cccc1c5O)-c1ccccc1-4)c3O)-c1ccccc1-2.Cc1nc(C)c2cccc(nc(C)nc(C)c3cccc(n1)c3O)c2O.Oc1c2cccc1c1nc(nc3cccc(c4nc(n2)-c2ccccc2-4)c3O)-c2ccccc2-1.[Cu].[Pt+2].[Pt+2].[Pt].[Zn]. The maximum Gasteiger partial charge on any atom is 2.00 e. The fraction of sp³-hybridized carbons (Fsp3) is 0.0526. The molecular formula is C114H76CuN20O6Pt3Zn. The van der Waals surface area contributed by atoms with E-state index < -0.39 is 0 Å². The van der Waals surface area contributed by atoms with Crippen LogP contribution in [0.15, 0.2) is 345 Å². The Morgan fingerprint density at radius 1 is 0.234 bits per heavy atom. The molecule has 0 atom stereocenters. The second kappa shape index (κ2) is 41.1. The molecule has 7 aromatic heterocycles. The van der Waals surface area contributed by atoms with Gasteiger partial charge in [0.25, 0.3) is 0 Å². The van der Waals surface area contributed by atoms with Gasteiger partial charge in [0.05, 0.1) is 80.0 Å². The van der Waals surface area contributed by atoms with E-state index in [4.69, 9.17) is 29.9 Å². The Kier molecular flexibility index (Phi) is 28.1. The number of aromatic nitrogens is 14. The second-order valence-corrected chi connectivity index (χ2v) is 33.9. The zero-order valence-corrected chi connectivity index (χ0v) is 88.3. The predicted octanol–water partition coefficient (Wildman–Crippen LogP) is 22.5. The van der Waals surface area contributed by atoms with Crippen LogP contribution < -0.4 is 19.9 Å². The van der Waals surface area contributed by atoms with Gasteiger partial charge >= 0.3 is 42.1 Å². The van der Waals surface area contributed by atoms with Crippen molar-refractivity contribution in [3.05, 3.63) is 383 Å². The maximum absolute atomic E-state index is 11.6. The van der Waals surface area contributed by atoms with E-state index >= 15 is 0 Å². The van der Waals surface area contributed by atoms with Crippen molar-refractivity contribution in [2.75, 3.05) is 0 Å². The van der Waals surface area contributed by atoms with Crippen LogP contribution in [0.5, 0.6) is 34.5 Å². The Morgan fingerprint density at radius 2 is 0.524 bits per heavy atom. The van der Waals surface area contributed by atoms with E-state index in [1.54, 1.807) is 64.1 Å². The average Bonchev–Trinajstić information content (AvgIpc) is 1.59. The number of aromatic hydroxyl groups is 6. The van der Waals surface area contributed by atoms with Gasteiger partial charge < -0.3 is 60.6 Å². The Bertz CT molecular complexity index is 8480. The third-order valence-electron chi connectivity index (χ3n) is 25.0. The molecule has 17 heterocycles. The molecule has 10 aliphatic rings. The smallest absolute Gasteiger partial charge is 0.656 e. The molecule has 17 aromatic rings. The minimum Gasteiger partial charge on any atom is -0.656 e. The van der Waals surface area contributed by atoms with Crippen LogP contribution in [0.25, 0.3) is 168 Å². The van der Waals surface area contributed by atoms with Crippen molar-refractivity contribution in [2.45, 2.75) is 41.5 Å². The molecule has 10 aliphatic heterocycles. The first-order valence-electron chi connectivity index (χ1n) is 45.0. The summed E-state index contributed by atoms with van der Waals surface area (Å²) < 4.78 is 0. The molecule has 0 unspecified atom stereocenters. The predicted molar refractivity (Wildman–Crippen MR) is 550 cm³/mol. The topological polar surface area (TPSA) is 381 Å². The normalized spacial score (nSPS) is 13.0. The number of fused-ring (bicyclic) bond motifs is 52. The van der Waals surface area contributed by atoms with Gasteiger partial charge in [-0.3, -0.25) is 20.0 Å². The summed E-state index contributed by atoms with van der Waals surface area (Å²) in [5.41, 5.74) is 26.2. The fourth-order valence-corrected chi connectivity index (χ4v) is 18.2. The van der Waals surface area contributed by atoms with Gasteiger partial charge in [-0.1, -0.05) is 218 Å². The van der Waals surface area contributed by atoms with Gasteiger partial charge in [-0.25, -0.2) is 49.8 Å². The molecule has 711 valence electrons. The second-order valence-electron chi connectivity index (χ2n) is 33.9. The van der Waals surface area contributed by atoms with Gasteiger partial charge in [0, 0.05) is 157 Å². The monoisotopic (exact) mass is 2530 g/mol. The van der Waals surface area contributed by atoms with E-state index in [9.17, 15) is 30.6 Å². The Morgan fingerprint density at radius 3 is 0.910 bits per heavy atom. The van der Waals surface area contributed by atoms with Crippen molar-refractivity contribution in [2.24, 2.45) is 30.0 Å². The number of allylic oxidation sites excluding steroid dienone is 6. The summed E-state index contributed by atoms with van der Waals surface area (Å²) in [7, 11) is 0. The van der Waals surface area contributed by atoms with Crippen molar-refractivity contribution in [1.82, 2.24) is 69.8 Å². The van der Waals surface area contributed by atoms with Crippen LogP contribution in [-0.4, -0.2) is 115 Å². The van der Waals surface area contributed by atoms with Crippen LogP contribution in [0.2, 0.25) is 0 Å². The van der Waals surface area contributed by atoms with Gasteiger partial charge in [0.2, 0.25) is 0 Å². The van der Waals surface area contributed by atoms with Crippen LogP contribution in [0.1, 0.15) is 68.3 Å². The molecule has 6 N–H and O–H groups in total. The van der Waals surface area contributed by atoms with Crippen molar-refractivity contribution in [3.63, 3.8) is 0 Å².